The van der Waals surface area contributed by atoms with Gasteiger partial charge in [0.1, 0.15) is 11.3 Å². The third kappa shape index (κ3) is 3.95. The highest BCUT2D eigenvalue weighted by atomic mass is 16.3. The van der Waals surface area contributed by atoms with E-state index < -0.39 is 5.60 Å². The van der Waals surface area contributed by atoms with Crippen molar-refractivity contribution in [2.45, 2.75) is 51.2 Å². The topological polar surface area (TPSA) is 118 Å². The summed E-state index contributed by atoms with van der Waals surface area (Å²) >= 11 is 0. The quantitative estimate of drug-likeness (QED) is 0.560. The molecule has 3 heterocycles. The average Bonchev–Trinajstić information content (AvgIpc) is 2.83. The highest BCUT2D eigenvalue weighted by Gasteiger charge is 2.33. The van der Waals surface area contributed by atoms with E-state index in [1.807, 2.05) is 43.0 Å². The fraction of sp³-hybridized carbons (Fsp3) is 0.385. The summed E-state index contributed by atoms with van der Waals surface area (Å²) in [5, 5.41) is 11.2. The van der Waals surface area contributed by atoms with Crippen molar-refractivity contribution in [2.75, 3.05) is 28.6 Å². The lowest BCUT2D eigenvalue weighted by Gasteiger charge is -2.39. The van der Waals surface area contributed by atoms with E-state index in [2.05, 4.69) is 16.5 Å². The fourth-order valence-corrected chi connectivity index (χ4v) is 5.36. The van der Waals surface area contributed by atoms with Gasteiger partial charge in [-0.2, -0.15) is 4.98 Å². The second-order valence-electron chi connectivity index (χ2n) is 9.73. The van der Waals surface area contributed by atoms with Crippen LogP contribution in [-0.4, -0.2) is 44.2 Å². The van der Waals surface area contributed by atoms with Crippen molar-refractivity contribution in [1.82, 2.24) is 14.5 Å². The lowest BCUT2D eigenvalue weighted by Crippen LogP contribution is -2.44. The fourth-order valence-electron chi connectivity index (χ4n) is 5.36. The average molecular weight is 475 g/mol. The molecule has 5 rings (SSSR count). The SMILES string of the molecule is C=CC(=O)N1CCN(c2cc3cnc(N)nc3n([C@H]3CC[C@](C)(O)CC3)c2=O)c2cccc(C)c21. The summed E-state index contributed by atoms with van der Waals surface area (Å²) in [5.74, 6) is -0.0621. The number of hydrogen-bond donors (Lipinski definition) is 2. The predicted molar refractivity (Wildman–Crippen MR) is 137 cm³/mol. The Morgan fingerprint density at radius 1 is 1.26 bits per heavy atom. The van der Waals surface area contributed by atoms with Crippen LogP contribution in [0.15, 0.2) is 47.9 Å². The molecule has 1 saturated carbocycles. The zero-order valence-corrected chi connectivity index (χ0v) is 20.1. The van der Waals surface area contributed by atoms with Crippen LogP contribution in [-0.2, 0) is 4.79 Å². The number of aromatic nitrogens is 3. The molecule has 182 valence electrons. The molecule has 2 aliphatic rings. The van der Waals surface area contributed by atoms with E-state index in [1.165, 1.54) is 6.08 Å². The van der Waals surface area contributed by atoms with Crippen LogP contribution < -0.4 is 21.1 Å². The summed E-state index contributed by atoms with van der Waals surface area (Å²) in [7, 11) is 0. The Kier molecular flexibility index (Phi) is 5.59. The van der Waals surface area contributed by atoms with Gasteiger partial charge in [0, 0.05) is 30.7 Å². The number of carbonyl (C=O) groups excluding carboxylic acids is 1. The summed E-state index contributed by atoms with van der Waals surface area (Å²) in [4.78, 5) is 38.9. The van der Waals surface area contributed by atoms with Crippen LogP contribution in [0.1, 0.15) is 44.2 Å². The van der Waals surface area contributed by atoms with Gasteiger partial charge in [-0.25, -0.2) is 4.98 Å². The van der Waals surface area contributed by atoms with Crippen LogP contribution in [0.5, 0.6) is 0 Å². The lowest BCUT2D eigenvalue weighted by molar-refractivity contribution is -0.114. The van der Waals surface area contributed by atoms with Crippen LogP contribution in [0.2, 0.25) is 0 Å². The van der Waals surface area contributed by atoms with Gasteiger partial charge in [-0.3, -0.25) is 14.2 Å². The van der Waals surface area contributed by atoms with Gasteiger partial charge in [0.2, 0.25) is 5.95 Å². The number of benzene rings is 1. The van der Waals surface area contributed by atoms with E-state index in [-0.39, 0.29) is 23.5 Å². The van der Waals surface area contributed by atoms with Gasteiger partial charge >= 0.3 is 0 Å². The van der Waals surface area contributed by atoms with Crippen molar-refractivity contribution in [3.05, 3.63) is 59.0 Å². The monoisotopic (exact) mass is 474 g/mol. The van der Waals surface area contributed by atoms with E-state index in [4.69, 9.17) is 5.73 Å². The van der Waals surface area contributed by atoms with E-state index in [0.29, 0.717) is 55.5 Å². The van der Waals surface area contributed by atoms with Crippen molar-refractivity contribution in [1.29, 1.82) is 0 Å². The molecule has 3 N–H and O–H groups in total. The standard InChI is InChI=1S/C26H30N6O3/c1-4-21(33)31-13-12-30(19-7-5-6-16(2)22(19)31)20-14-17-15-28-25(27)29-23(17)32(24(20)34)18-8-10-26(3,35)11-9-18/h4-7,14-15,18,35H,1,8-13H2,2-3H3,(H2,27,28,29)/t18-,26-. The van der Waals surface area contributed by atoms with Crippen molar-refractivity contribution in [3.63, 3.8) is 0 Å². The van der Waals surface area contributed by atoms with Crippen LogP contribution in [0.3, 0.4) is 0 Å². The molecule has 0 bridgehead atoms. The Balaban J connectivity index is 1.69. The van der Waals surface area contributed by atoms with Gasteiger partial charge in [0.05, 0.1) is 17.0 Å². The molecular formula is C26H30N6O3. The number of aliphatic hydroxyl groups is 1. The number of anilines is 4. The number of hydrogen-bond acceptors (Lipinski definition) is 7. The van der Waals surface area contributed by atoms with E-state index in [0.717, 1.165) is 16.9 Å². The van der Waals surface area contributed by atoms with Crippen molar-refractivity contribution in [2.24, 2.45) is 0 Å². The van der Waals surface area contributed by atoms with E-state index in [1.54, 1.807) is 15.7 Å². The Hall–Kier alpha value is -3.72. The second kappa shape index (κ2) is 8.49. The molecule has 2 aromatic heterocycles. The third-order valence-corrected chi connectivity index (χ3v) is 7.23. The van der Waals surface area contributed by atoms with Crippen LogP contribution in [0.25, 0.3) is 11.0 Å². The number of nitrogens with zero attached hydrogens (tertiary/aromatic N) is 5. The molecule has 9 heteroatoms. The Morgan fingerprint density at radius 2 is 2.00 bits per heavy atom. The first-order chi connectivity index (χ1) is 16.7. The molecule has 1 aliphatic carbocycles. The van der Waals surface area contributed by atoms with Gasteiger partial charge in [0.25, 0.3) is 11.5 Å². The zero-order chi connectivity index (χ0) is 24.9. The number of aryl methyl sites for hydroxylation is 1. The molecule has 0 radical (unpaired) electrons. The van der Waals surface area contributed by atoms with Gasteiger partial charge in [0.15, 0.2) is 0 Å². The summed E-state index contributed by atoms with van der Waals surface area (Å²) in [6.45, 7) is 8.31. The number of nitrogens with two attached hydrogens (primary N) is 1. The van der Waals surface area contributed by atoms with Crippen LogP contribution in [0.4, 0.5) is 23.0 Å². The second-order valence-corrected chi connectivity index (χ2v) is 9.73. The summed E-state index contributed by atoms with van der Waals surface area (Å²) < 4.78 is 1.73. The molecule has 9 nitrogen and oxygen atoms in total. The molecular weight excluding hydrogens is 444 g/mol. The third-order valence-electron chi connectivity index (χ3n) is 7.23. The molecule has 0 atom stereocenters. The minimum Gasteiger partial charge on any atom is -0.390 e. The number of amides is 1. The molecule has 1 amide bonds. The smallest absolute Gasteiger partial charge is 0.276 e. The number of para-hydroxylation sites is 1. The van der Waals surface area contributed by atoms with E-state index >= 15 is 0 Å². The first kappa shape index (κ1) is 23.0. The van der Waals surface area contributed by atoms with Gasteiger partial charge in [-0.15, -0.1) is 0 Å². The number of pyridine rings is 1. The Bertz CT molecular complexity index is 1390. The molecule has 0 unspecified atom stereocenters. The summed E-state index contributed by atoms with van der Waals surface area (Å²) in [5.41, 5.74) is 8.51. The van der Waals surface area contributed by atoms with Crippen molar-refractivity contribution >= 4 is 40.0 Å². The van der Waals surface area contributed by atoms with Crippen molar-refractivity contribution in [3.8, 4) is 0 Å². The number of rotatable bonds is 3. The summed E-state index contributed by atoms with van der Waals surface area (Å²) in [6, 6.07) is 7.50. The zero-order valence-electron chi connectivity index (χ0n) is 20.1. The maximum atomic E-state index is 14.1. The van der Waals surface area contributed by atoms with Gasteiger partial charge < -0.3 is 20.6 Å². The van der Waals surface area contributed by atoms with Crippen LogP contribution >= 0.6 is 0 Å². The highest BCUT2D eigenvalue weighted by Crippen LogP contribution is 2.41. The minimum atomic E-state index is -0.730. The minimum absolute atomic E-state index is 0.110. The highest BCUT2D eigenvalue weighted by molar-refractivity contribution is 6.05. The molecule has 0 spiro atoms. The molecule has 3 aromatic rings. The van der Waals surface area contributed by atoms with Crippen molar-refractivity contribution < 1.29 is 9.90 Å². The number of nitrogen functional groups attached to an aromatic ring is 1. The predicted octanol–water partition coefficient (Wildman–Crippen LogP) is 3.22. The molecule has 1 aliphatic heterocycles. The largest absolute Gasteiger partial charge is 0.390 e. The molecule has 1 aromatic carbocycles. The first-order valence-corrected chi connectivity index (χ1v) is 11.9. The number of fused-ring (bicyclic) bond motifs is 2. The lowest BCUT2D eigenvalue weighted by atomic mass is 9.83. The Labute approximate surface area is 203 Å². The van der Waals surface area contributed by atoms with Gasteiger partial charge in [-0.1, -0.05) is 18.7 Å². The van der Waals surface area contributed by atoms with E-state index in [9.17, 15) is 14.7 Å². The normalized spacial score (nSPS) is 22.2. The number of carbonyl (C=O) groups is 1. The Morgan fingerprint density at radius 3 is 2.71 bits per heavy atom. The van der Waals surface area contributed by atoms with Gasteiger partial charge in [-0.05, 0) is 63.3 Å². The molecule has 35 heavy (non-hydrogen) atoms. The van der Waals surface area contributed by atoms with Crippen LogP contribution in [0, 0.1) is 6.92 Å². The maximum absolute atomic E-state index is 14.1. The molecule has 0 saturated heterocycles. The maximum Gasteiger partial charge on any atom is 0.276 e. The first-order valence-electron chi connectivity index (χ1n) is 11.9. The summed E-state index contributed by atoms with van der Waals surface area (Å²) in [6.07, 6.45) is 5.47. The molecule has 1 fully saturated rings.